The highest BCUT2D eigenvalue weighted by molar-refractivity contribution is 5.79. The molecule has 2 aromatic carbocycles. The van der Waals surface area contributed by atoms with Crippen LogP contribution in [0.2, 0.25) is 0 Å². The first-order chi connectivity index (χ1) is 13.3. The van der Waals surface area contributed by atoms with Gasteiger partial charge in [0.05, 0.1) is 0 Å². The summed E-state index contributed by atoms with van der Waals surface area (Å²) < 4.78 is 0. The van der Waals surface area contributed by atoms with Crippen LogP contribution < -0.4 is 0 Å². The quantitative estimate of drug-likeness (QED) is 0.635. The molecule has 0 unspecified atom stereocenters. The van der Waals surface area contributed by atoms with Crippen LogP contribution >= 0.6 is 0 Å². The van der Waals surface area contributed by atoms with E-state index in [2.05, 4.69) is 13.2 Å². The number of phenols is 2. The number of nitrogens with zero attached hydrogens (tertiary/aromatic N) is 2. The summed E-state index contributed by atoms with van der Waals surface area (Å²) in [6.45, 7) is 8.90. The highest BCUT2D eigenvalue weighted by Crippen LogP contribution is 2.41. The fourth-order valence-electron chi connectivity index (χ4n) is 3.42. The Morgan fingerprint density at radius 2 is 1.07 bits per heavy atom. The van der Waals surface area contributed by atoms with Crippen molar-refractivity contribution in [2.75, 3.05) is 28.2 Å². The van der Waals surface area contributed by atoms with Gasteiger partial charge in [-0.05, 0) is 64.3 Å². The third kappa shape index (κ3) is 5.24. The molecule has 0 aliphatic carbocycles. The van der Waals surface area contributed by atoms with E-state index in [1.54, 1.807) is 0 Å². The highest BCUT2D eigenvalue weighted by Gasteiger charge is 2.18. The Labute approximate surface area is 169 Å². The Kier molecular flexibility index (Phi) is 7.44. The second-order valence-electron chi connectivity index (χ2n) is 7.76. The predicted octanol–water partition coefficient (Wildman–Crippen LogP) is 4.35. The number of hydrogen-bond donors (Lipinski definition) is 2. The van der Waals surface area contributed by atoms with Gasteiger partial charge in [-0.2, -0.15) is 0 Å². The molecule has 0 radical (unpaired) electrons. The molecular formula is C24H32N2O2. The van der Waals surface area contributed by atoms with Crippen LogP contribution in [0.15, 0.2) is 49.6 Å². The zero-order chi connectivity index (χ0) is 20.8. The number of aromatic hydroxyl groups is 2. The fourth-order valence-corrected chi connectivity index (χ4v) is 3.42. The molecule has 2 N–H and O–H groups in total. The number of hydrogen-bond acceptors (Lipinski definition) is 4. The summed E-state index contributed by atoms with van der Waals surface area (Å²) in [6, 6.07) is 7.91. The topological polar surface area (TPSA) is 46.9 Å². The Balaban J connectivity index is 2.73. The molecule has 0 saturated carbocycles. The lowest BCUT2D eigenvalue weighted by atomic mass is 9.92. The Morgan fingerprint density at radius 1 is 0.714 bits per heavy atom. The van der Waals surface area contributed by atoms with Crippen molar-refractivity contribution in [1.29, 1.82) is 0 Å². The van der Waals surface area contributed by atoms with Gasteiger partial charge in [0.1, 0.15) is 11.5 Å². The van der Waals surface area contributed by atoms with Crippen LogP contribution in [0, 0.1) is 0 Å². The first-order valence-corrected chi connectivity index (χ1v) is 9.48. The molecule has 0 aliphatic heterocycles. The molecular weight excluding hydrogens is 348 g/mol. The van der Waals surface area contributed by atoms with E-state index in [-0.39, 0.29) is 11.5 Å². The third-order valence-corrected chi connectivity index (χ3v) is 4.52. The molecule has 2 aromatic rings. The van der Waals surface area contributed by atoms with Crippen LogP contribution in [0.1, 0.15) is 22.3 Å². The zero-order valence-corrected chi connectivity index (χ0v) is 17.5. The van der Waals surface area contributed by atoms with Gasteiger partial charge in [-0.1, -0.05) is 24.3 Å². The van der Waals surface area contributed by atoms with Crippen molar-refractivity contribution in [2.24, 2.45) is 0 Å². The molecule has 0 aliphatic rings. The van der Waals surface area contributed by atoms with Crippen molar-refractivity contribution < 1.29 is 10.2 Å². The maximum absolute atomic E-state index is 11.0. The van der Waals surface area contributed by atoms with Gasteiger partial charge in [-0.15, -0.1) is 13.2 Å². The minimum Gasteiger partial charge on any atom is -0.507 e. The van der Waals surface area contributed by atoms with Gasteiger partial charge in [0, 0.05) is 35.3 Å². The molecule has 4 heteroatoms. The molecule has 0 atom stereocenters. The standard InChI is InChI=1S/C24H32N2O2/c1-7-9-17-11-19(15-25(3)4)23(27)21(13-17)22-14-18(10-8-2)12-20(24(22)28)16-26(5)6/h7-8,11-14,27-28H,1-2,9-10,15-16H2,3-6H3. The van der Waals surface area contributed by atoms with Gasteiger partial charge >= 0.3 is 0 Å². The summed E-state index contributed by atoms with van der Waals surface area (Å²) in [5.41, 5.74) is 5.09. The average Bonchev–Trinajstić information content (AvgIpc) is 2.60. The lowest BCUT2D eigenvalue weighted by Gasteiger charge is -2.19. The molecule has 4 nitrogen and oxygen atoms in total. The van der Waals surface area contributed by atoms with Gasteiger partial charge in [-0.25, -0.2) is 0 Å². The second-order valence-corrected chi connectivity index (χ2v) is 7.76. The molecule has 28 heavy (non-hydrogen) atoms. The van der Waals surface area contributed by atoms with Gasteiger partial charge in [0.15, 0.2) is 0 Å². The van der Waals surface area contributed by atoms with E-state index in [0.717, 1.165) is 22.3 Å². The molecule has 0 aromatic heterocycles. The normalized spacial score (nSPS) is 11.2. The van der Waals surface area contributed by atoms with Gasteiger partial charge in [0.2, 0.25) is 0 Å². The summed E-state index contributed by atoms with van der Waals surface area (Å²) in [6.07, 6.45) is 5.10. The summed E-state index contributed by atoms with van der Waals surface area (Å²) in [4.78, 5) is 4.03. The van der Waals surface area contributed by atoms with E-state index in [1.807, 2.05) is 74.4 Å². The van der Waals surface area contributed by atoms with Crippen LogP contribution in [0.25, 0.3) is 11.1 Å². The molecule has 0 spiro atoms. The van der Waals surface area contributed by atoms with Crippen molar-refractivity contribution in [3.05, 3.63) is 71.8 Å². The largest absolute Gasteiger partial charge is 0.507 e. The molecule has 0 bridgehead atoms. The van der Waals surface area contributed by atoms with Crippen LogP contribution in [0.4, 0.5) is 0 Å². The fraction of sp³-hybridized carbons (Fsp3) is 0.333. The lowest BCUT2D eigenvalue weighted by molar-refractivity contribution is 0.384. The van der Waals surface area contributed by atoms with Gasteiger partial charge < -0.3 is 20.0 Å². The average molecular weight is 381 g/mol. The number of allylic oxidation sites excluding steroid dienone is 2. The molecule has 0 fully saturated rings. The van der Waals surface area contributed by atoms with E-state index in [9.17, 15) is 10.2 Å². The first-order valence-electron chi connectivity index (χ1n) is 9.48. The first kappa shape index (κ1) is 21.7. The van der Waals surface area contributed by atoms with Crippen LogP contribution in [-0.4, -0.2) is 48.2 Å². The zero-order valence-electron chi connectivity index (χ0n) is 17.5. The summed E-state index contributed by atoms with van der Waals surface area (Å²) in [5.74, 6) is 0.423. The Hall–Kier alpha value is -2.56. The Morgan fingerprint density at radius 3 is 1.36 bits per heavy atom. The lowest BCUT2D eigenvalue weighted by Crippen LogP contribution is -2.12. The predicted molar refractivity (Wildman–Crippen MR) is 118 cm³/mol. The maximum Gasteiger partial charge on any atom is 0.128 e. The summed E-state index contributed by atoms with van der Waals surface area (Å²) in [5, 5.41) is 22.0. The van der Waals surface area contributed by atoms with Crippen LogP contribution in [0.5, 0.6) is 11.5 Å². The van der Waals surface area contributed by atoms with Crippen LogP contribution in [-0.2, 0) is 25.9 Å². The minimum absolute atomic E-state index is 0.211. The second kappa shape index (κ2) is 9.58. The third-order valence-electron chi connectivity index (χ3n) is 4.52. The van der Waals surface area contributed by atoms with Crippen molar-refractivity contribution in [3.8, 4) is 22.6 Å². The van der Waals surface area contributed by atoms with E-state index in [0.29, 0.717) is 37.1 Å². The minimum atomic E-state index is 0.211. The van der Waals surface area contributed by atoms with Crippen molar-refractivity contribution in [2.45, 2.75) is 25.9 Å². The number of phenolic OH excluding ortho intramolecular Hbond substituents is 2. The van der Waals surface area contributed by atoms with E-state index >= 15 is 0 Å². The SMILES string of the molecule is C=CCc1cc(CN(C)C)c(O)c(-c2cc(CC=C)cc(CN(C)C)c2O)c1. The van der Waals surface area contributed by atoms with Crippen molar-refractivity contribution >= 4 is 0 Å². The maximum atomic E-state index is 11.0. The van der Waals surface area contributed by atoms with E-state index in [4.69, 9.17) is 0 Å². The number of rotatable bonds is 9. The molecule has 2 rings (SSSR count). The molecule has 0 heterocycles. The van der Waals surface area contributed by atoms with Gasteiger partial charge in [-0.3, -0.25) is 0 Å². The smallest absolute Gasteiger partial charge is 0.128 e. The monoisotopic (exact) mass is 380 g/mol. The van der Waals surface area contributed by atoms with Crippen LogP contribution in [0.3, 0.4) is 0 Å². The molecule has 150 valence electrons. The Bertz CT molecular complexity index is 783. The van der Waals surface area contributed by atoms with E-state index < -0.39 is 0 Å². The number of benzene rings is 2. The highest BCUT2D eigenvalue weighted by atomic mass is 16.3. The summed E-state index contributed by atoms with van der Waals surface area (Å²) >= 11 is 0. The molecule has 0 amide bonds. The van der Waals surface area contributed by atoms with Crippen molar-refractivity contribution in [3.63, 3.8) is 0 Å². The van der Waals surface area contributed by atoms with Crippen molar-refractivity contribution in [1.82, 2.24) is 9.80 Å². The summed E-state index contributed by atoms with van der Waals surface area (Å²) in [7, 11) is 7.88. The molecule has 0 saturated heterocycles. The van der Waals surface area contributed by atoms with Gasteiger partial charge in [0.25, 0.3) is 0 Å². The van der Waals surface area contributed by atoms with E-state index in [1.165, 1.54) is 0 Å².